The van der Waals surface area contributed by atoms with Gasteiger partial charge in [-0.25, -0.2) is 4.98 Å². The zero-order chi connectivity index (χ0) is 31.2. The molecule has 0 bridgehead atoms. The van der Waals surface area contributed by atoms with E-state index in [0.29, 0.717) is 11.5 Å². The molecule has 0 atom stereocenters. The smallest absolute Gasteiger partial charge is 0.135 e. The first kappa shape index (κ1) is 30.5. The van der Waals surface area contributed by atoms with Gasteiger partial charge in [0.2, 0.25) is 0 Å². The van der Waals surface area contributed by atoms with Gasteiger partial charge in [-0.3, -0.25) is 0 Å². The monoisotopic (exact) mass is 790 g/mol. The number of pyridine rings is 1. The summed E-state index contributed by atoms with van der Waals surface area (Å²) in [6.45, 7) is 8.45. The van der Waals surface area contributed by atoms with Crippen molar-refractivity contribution >= 4 is 33.2 Å². The Balaban J connectivity index is 0.00000351. The Labute approximate surface area is 289 Å². The summed E-state index contributed by atoms with van der Waals surface area (Å²) in [6, 6.07) is 48.7. The molecule has 1 aliphatic heterocycles. The number of anilines is 2. The van der Waals surface area contributed by atoms with Crippen LogP contribution in [0.2, 0.25) is 0 Å². The summed E-state index contributed by atoms with van der Waals surface area (Å²) in [5.74, 6) is 2.08. The van der Waals surface area contributed by atoms with Crippen LogP contribution in [0.5, 0.6) is 11.5 Å². The molecule has 0 N–H and O–H groups in total. The predicted octanol–water partition coefficient (Wildman–Crippen LogP) is 10.2. The van der Waals surface area contributed by atoms with Crippen molar-refractivity contribution in [1.29, 1.82) is 0 Å². The van der Waals surface area contributed by atoms with Crippen LogP contribution in [0.25, 0.3) is 38.8 Å². The summed E-state index contributed by atoms with van der Waals surface area (Å²) in [4.78, 5) is 9.11. The van der Waals surface area contributed by atoms with Crippen molar-refractivity contribution < 1.29 is 25.8 Å². The molecule has 3 heterocycles. The Morgan fingerprint density at radius 3 is 2.21 bits per heavy atom. The average Bonchev–Trinajstić information content (AvgIpc) is 3.59. The minimum Gasteiger partial charge on any atom is -0.509 e. The van der Waals surface area contributed by atoms with Crippen molar-refractivity contribution in [1.82, 2.24) is 9.55 Å². The Kier molecular flexibility index (Phi) is 8.17. The van der Waals surface area contributed by atoms with Crippen LogP contribution in [0.4, 0.5) is 11.4 Å². The van der Waals surface area contributed by atoms with E-state index in [4.69, 9.17) is 9.72 Å². The van der Waals surface area contributed by atoms with Gasteiger partial charge in [-0.15, -0.1) is 48.1 Å². The summed E-state index contributed by atoms with van der Waals surface area (Å²) in [5.41, 5.74) is 9.78. The predicted molar refractivity (Wildman–Crippen MR) is 187 cm³/mol. The van der Waals surface area contributed by atoms with Crippen LogP contribution in [0.1, 0.15) is 19.4 Å². The number of aromatic nitrogens is 2. The number of ether oxygens (including phenoxy) is 1. The van der Waals surface area contributed by atoms with Crippen molar-refractivity contribution in [3.8, 4) is 28.4 Å². The zero-order valence-electron chi connectivity index (χ0n) is 26.2. The molecule has 47 heavy (non-hydrogen) atoms. The molecule has 5 aromatic carbocycles. The number of fused-ring (bicyclic) bond motifs is 3. The number of hydrogen-bond donors (Lipinski definition) is 0. The largest absolute Gasteiger partial charge is 0.509 e. The molecule has 0 saturated carbocycles. The molecule has 234 valence electrons. The molecule has 6 heteroatoms. The zero-order valence-corrected chi connectivity index (χ0v) is 28.5. The number of aryl methyl sites for hydroxylation is 1. The van der Waals surface area contributed by atoms with E-state index < -0.39 is 0 Å². The van der Waals surface area contributed by atoms with Crippen molar-refractivity contribution in [3.63, 3.8) is 0 Å². The van der Waals surface area contributed by atoms with Crippen LogP contribution in [0, 0.1) is 25.7 Å². The van der Waals surface area contributed by atoms with E-state index >= 15 is 0 Å². The average molecular weight is 791 g/mol. The minimum absolute atomic E-state index is 0. The molecule has 0 spiro atoms. The van der Waals surface area contributed by atoms with E-state index in [1.54, 1.807) is 0 Å². The van der Waals surface area contributed by atoms with Gasteiger partial charge in [0.15, 0.2) is 0 Å². The fraction of sp³-hybridized carbons (Fsp3) is 0.0732. The number of hydrogen-bond acceptors (Lipinski definition) is 4. The van der Waals surface area contributed by atoms with Crippen molar-refractivity contribution in [3.05, 3.63) is 163 Å². The van der Waals surface area contributed by atoms with Gasteiger partial charge in [0.05, 0.1) is 0 Å². The molecule has 7 aromatic rings. The van der Waals surface area contributed by atoms with Crippen LogP contribution in [-0.2, 0) is 21.1 Å². The molecule has 0 radical (unpaired) electrons. The van der Waals surface area contributed by atoms with E-state index in [1.165, 1.54) is 11.1 Å². The van der Waals surface area contributed by atoms with Gasteiger partial charge in [-0.05, 0) is 67.1 Å². The van der Waals surface area contributed by atoms with Crippen molar-refractivity contribution in [2.24, 2.45) is 0 Å². The fourth-order valence-corrected chi connectivity index (χ4v) is 6.13. The summed E-state index contributed by atoms with van der Waals surface area (Å²) >= 11 is 0. The number of allylic oxidation sites excluding steroid dienone is 2. The van der Waals surface area contributed by atoms with Gasteiger partial charge in [0, 0.05) is 61.4 Å². The standard InChI is InChI=1S/C41H31N4O.Pt/c1-28-19-22-41(42-26-28)45-39-18-8-7-17-37(39)38-21-20-36(25-40(38)45)46-35-16-10-15-34(24-35)44-27-43(29(2)30(44)3)33-14-9-13-32(23-33)31-11-5-4-6-12-31;/h4-23,26-27H,1-3H3;/q-3;. The van der Waals surface area contributed by atoms with Crippen LogP contribution in [0.15, 0.2) is 139 Å². The summed E-state index contributed by atoms with van der Waals surface area (Å²) in [6.07, 6.45) is 1.89. The van der Waals surface area contributed by atoms with Crippen molar-refractivity contribution in [2.45, 2.75) is 20.8 Å². The Morgan fingerprint density at radius 2 is 1.38 bits per heavy atom. The maximum Gasteiger partial charge on any atom is 0.135 e. The third kappa shape index (κ3) is 5.62. The molecule has 0 saturated heterocycles. The maximum absolute atomic E-state index is 6.42. The second kappa shape index (κ2) is 12.6. The van der Waals surface area contributed by atoms with Gasteiger partial charge >= 0.3 is 0 Å². The Hall–Kier alpha value is -5.12. The number of nitrogens with zero attached hydrogens (tertiary/aromatic N) is 4. The molecular formula is C41H31N4OPt-3. The quantitative estimate of drug-likeness (QED) is 0.157. The van der Waals surface area contributed by atoms with E-state index in [1.807, 2.05) is 43.5 Å². The molecule has 5 nitrogen and oxygen atoms in total. The summed E-state index contributed by atoms with van der Waals surface area (Å²) in [5, 5.41) is 2.25. The molecule has 0 fully saturated rings. The molecule has 0 aliphatic carbocycles. The number of para-hydroxylation sites is 1. The molecule has 0 amide bonds. The second-order valence-electron chi connectivity index (χ2n) is 11.6. The Morgan fingerprint density at radius 1 is 0.638 bits per heavy atom. The molecule has 8 rings (SSSR count). The molecule has 0 unspecified atom stereocenters. The third-order valence-corrected chi connectivity index (χ3v) is 8.62. The van der Waals surface area contributed by atoms with E-state index in [2.05, 4.69) is 138 Å². The summed E-state index contributed by atoms with van der Waals surface area (Å²) < 4.78 is 8.56. The van der Waals surface area contributed by atoms with Gasteiger partial charge in [-0.2, -0.15) is 12.1 Å². The number of rotatable bonds is 6. The first-order chi connectivity index (χ1) is 22.5. The SMILES string of the molecule is CC1=C(C)N(c2cccc(-c3ccccc3)c2)[CH-]N1c1[c-]c(Oc2[c-]c3c(cc2)c2ccccc2n3-c2ccc(C)cn2)ccc1.[Pt]. The van der Waals surface area contributed by atoms with Crippen LogP contribution < -0.4 is 14.5 Å². The van der Waals surface area contributed by atoms with Gasteiger partial charge in [0.25, 0.3) is 0 Å². The van der Waals surface area contributed by atoms with Gasteiger partial charge in [0.1, 0.15) is 5.82 Å². The first-order valence-electron chi connectivity index (χ1n) is 15.4. The molecular weight excluding hydrogens is 760 g/mol. The first-order valence-corrected chi connectivity index (χ1v) is 15.4. The molecule has 1 aliphatic rings. The van der Waals surface area contributed by atoms with E-state index in [0.717, 1.165) is 56.0 Å². The van der Waals surface area contributed by atoms with E-state index in [9.17, 15) is 0 Å². The molecule has 2 aromatic heterocycles. The normalized spacial score (nSPS) is 13.0. The maximum atomic E-state index is 6.42. The van der Waals surface area contributed by atoms with E-state index in [-0.39, 0.29) is 21.1 Å². The van der Waals surface area contributed by atoms with Gasteiger partial charge in [-0.1, -0.05) is 72.2 Å². The van der Waals surface area contributed by atoms with Crippen molar-refractivity contribution in [2.75, 3.05) is 9.80 Å². The minimum atomic E-state index is 0. The second-order valence-corrected chi connectivity index (χ2v) is 11.6. The van der Waals surface area contributed by atoms with Crippen LogP contribution in [0.3, 0.4) is 0 Å². The topological polar surface area (TPSA) is 33.5 Å². The number of benzene rings is 5. The third-order valence-electron chi connectivity index (χ3n) is 8.62. The van der Waals surface area contributed by atoms with Gasteiger partial charge < -0.3 is 19.1 Å². The van der Waals surface area contributed by atoms with Crippen LogP contribution in [-0.4, -0.2) is 9.55 Å². The Bertz CT molecular complexity index is 2260. The van der Waals surface area contributed by atoms with Crippen LogP contribution >= 0.6 is 0 Å². The summed E-state index contributed by atoms with van der Waals surface area (Å²) in [7, 11) is 0. The fourth-order valence-electron chi connectivity index (χ4n) is 6.13.